The lowest BCUT2D eigenvalue weighted by Crippen LogP contribution is -2.27. The molecule has 0 spiro atoms. The van der Waals surface area contributed by atoms with Gasteiger partial charge in [-0.2, -0.15) is 11.8 Å². The first-order valence-corrected chi connectivity index (χ1v) is 25.5. The normalized spacial score (nSPS) is 12.4. The largest absolute Gasteiger partial charge is 0.507 e. The van der Waals surface area contributed by atoms with Gasteiger partial charge in [0.25, 0.3) is 0 Å². The highest BCUT2D eigenvalue weighted by atomic mass is 32.2. The van der Waals surface area contributed by atoms with E-state index in [0.717, 1.165) is 59.6 Å². The molecule has 1 aromatic rings. The minimum absolute atomic E-state index is 0.162. The predicted molar refractivity (Wildman–Crippen MR) is 248 cm³/mol. The number of rotatable bonds is 40. The number of hydrogen-bond acceptors (Lipinski definition) is 5. The molecule has 0 bridgehead atoms. The average molecular weight is 803 g/mol. The van der Waals surface area contributed by atoms with Crippen LogP contribution in [0.4, 0.5) is 0 Å². The van der Waals surface area contributed by atoms with Crippen LogP contribution in [-0.2, 0) is 26.1 Å². The van der Waals surface area contributed by atoms with E-state index in [1.807, 2.05) is 25.6 Å². The van der Waals surface area contributed by atoms with Gasteiger partial charge in [0.05, 0.1) is 13.0 Å². The van der Waals surface area contributed by atoms with Crippen molar-refractivity contribution in [2.24, 2.45) is 0 Å². The highest BCUT2D eigenvalue weighted by Crippen LogP contribution is 2.39. The number of esters is 1. The topological polar surface area (TPSA) is 55.8 Å². The maximum Gasteiger partial charge on any atom is 0.310 e. The summed E-state index contributed by atoms with van der Waals surface area (Å²) in [7, 11) is 0. The molecule has 1 atom stereocenters. The van der Waals surface area contributed by atoms with Gasteiger partial charge in [0.15, 0.2) is 0 Å². The van der Waals surface area contributed by atoms with Gasteiger partial charge in [-0.05, 0) is 61.0 Å². The number of aromatic hydroxyl groups is 1. The zero-order chi connectivity index (χ0) is 41.1. The molecular weight excluding hydrogens is 709 g/mol. The summed E-state index contributed by atoms with van der Waals surface area (Å²) in [6, 6.07) is 2.08. The molecule has 0 aliphatic carbocycles. The summed E-state index contributed by atoms with van der Waals surface area (Å²) in [6.45, 7) is 16.4. The summed E-state index contributed by atoms with van der Waals surface area (Å²) in [6.07, 6.45) is 39.8. The Morgan fingerprint density at radius 1 is 0.625 bits per heavy atom. The summed E-state index contributed by atoms with van der Waals surface area (Å²) in [4.78, 5) is 13.5. The summed E-state index contributed by atoms with van der Waals surface area (Å²) in [5.74, 6) is 2.08. The van der Waals surface area contributed by atoms with Crippen LogP contribution in [-0.4, -0.2) is 41.9 Å². The molecule has 0 aliphatic heterocycles. The van der Waals surface area contributed by atoms with Gasteiger partial charge in [0.2, 0.25) is 0 Å². The van der Waals surface area contributed by atoms with Crippen LogP contribution in [0.1, 0.15) is 249 Å². The molecule has 1 N–H and O–H groups in total. The lowest BCUT2D eigenvalue weighted by Gasteiger charge is -2.28. The third-order valence-corrected chi connectivity index (χ3v) is 13.3. The van der Waals surface area contributed by atoms with Crippen LogP contribution >= 0.6 is 11.8 Å². The summed E-state index contributed by atoms with van der Waals surface area (Å²) >= 11 is 1.91. The van der Waals surface area contributed by atoms with Crippen LogP contribution in [0.25, 0.3) is 0 Å². The number of hydrogen-bond donors (Lipinski definition) is 1. The van der Waals surface area contributed by atoms with Crippen molar-refractivity contribution in [2.75, 3.05) is 24.7 Å². The maximum atomic E-state index is 13.5. The van der Waals surface area contributed by atoms with E-state index in [4.69, 9.17) is 9.47 Å². The SMILES string of the molecule is CCCCCCCCCCCCCCCCCCSCC(COCCCCCCCCCCCC)OC(=O)Cc1cc(C(C)(C)CCCCC)c(O)c(C)c1C. The molecule has 0 fully saturated rings. The van der Waals surface area contributed by atoms with Crippen molar-refractivity contribution >= 4 is 17.7 Å². The van der Waals surface area contributed by atoms with E-state index in [-0.39, 0.29) is 23.9 Å². The molecule has 0 saturated carbocycles. The lowest BCUT2D eigenvalue weighted by molar-refractivity contribution is -0.149. The van der Waals surface area contributed by atoms with Crippen molar-refractivity contribution in [1.82, 2.24) is 0 Å². The van der Waals surface area contributed by atoms with Crippen molar-refractivity contribution in [3.63, 3.8) is 0 Å². The van der Waals surface area contributed by atoms with Gasteiger partial charge in [0.1, 0.15) is 11.9 Å². The third kappa shape index (κ3) is 26.7. The molecule has 1 rings (SSSR count). The molecule has 5 heteroatoms. The Bertz CT molecular complexity index is 1070. The van der Waals surface area contributed by atoms with E-state index in [1.54, 1.807) is 0 Å². The Hall–Kier alpha value is -1.20. The summed E-state index contributed by atoms with van der Waals surface area (Å²) in [5, 5.41) is 11.2. The maximum absolute atomic E-state index is 13.5. The molecule has 0 aromatic heterocycles. The average Bonchev–Trinajstić information content (AvgIpc) is 3.17. The quantitative estimate of drug-likeness (QED) is 0.0529. The fourth-order valence-corrected chi connectivity index (χ4v) is 9.00. The number of carbonyl (C=O) groups excluding carboxylic acids is 1. The van der Waals surface area contributed by atoms with Gasteiger partial charge >= 0.3 is 5.97 Å². The van der Waals surface area contributed by atoms with E-state index < -0.39 is 0 Å². The molecule has 4 nitrogen and oxygen atoms in total. The monoisotopic (exact) mass is 803 g/mol. The van der Waals surface area contributed by atoms with Crippen LogP contribution in [0, 0.1) is 13.8 Å². The van der Waals surface area contributed by atoms with Gasteiger partial charge in [-0.1, -0.05) is 214 Å². The molecule has 1 aromatic carbocycles. The summed E-state index contributed by atoms with van der Waals surface area (Å²) < 4.78 is 12.3. The van der Waals surface area contributed by atoms with E-state index in [1.165, 1.54) is 173 Å². The first kappa shape index (κ1) is 52.8. The van der Waals surface area contributed by atoms with Gasteiger partial charge in [-0.15, -0.1) is 0 Å². The standard InChI is InChI=1S/C51H94O4S/c1-8-11-14-16-18-20-22-23-24-25-26-27-29-31-33-36-39-56-43-47(42-54-38-35-32-30-28-21-19-17-15-12-9-2)55-49(52)41-46-40-48(50(53)45(5)44(46)4)51(6,7)37-34-13-10-3/h40,47,53H,8-39,41-43H2,1-7H3. The lowest BCUT2D eigenvalue weighted by atomic mass is 9.77. The van der Waals surface area contributed by atoms with Crippen LogP contribution in [0.15, 0.2) is 6.07 Å². The molecule has 0 heterocycles. The van der Waals surface area contributed by atoms with E-state index in [9.17, 15) is 9.90 Å². The number of phenolic OH excluding ortho intramolecular Hbond substituents is 1. The second-order valence-electron chi connectivity index (χ2n) is 17.9. The molecule has 0 aliphatic rings. The molecule has 0 radical (unpaired) electrons. The van der Waals surface area contributed by atoms with Gasteiger partial charge in [-0.25, -0.2) is 0 Å². The molecule has 0 saturated heterocycles. The number of unbranched alkanes of at least 4 members (excludes halogenated alkanes) is 26. The van der Waals surface area contributed by atoms with Gasteiger partial charge in [-0.3, -0.25) is 4.79 Å². The minimum atomic E-state index is -0.236. The Labute approximate surface area is 353 Å². The van der Waals surface area contributed by atoms with Crippen LogP contribution in [0.3, 0.4) is 0 Å². The van der Waals surface area contributed by atoms with E-state index in [2.05, 4.69) is 40.7 Å². The second kappa shape index (κ2) is 35.7. The highest BCUT2D eigenvalue weighted by Gasteiger charge is 2.27. The molecule has 1 unspecified atom stereocenters. The van der Waals surface area contributed by atoms with E-state index in [0.29, 0.717) is 12.4 Å². The zero-order valence-electron chi connectivity index (χ0n) is 38.5. The third-order valence-electron chi connectivity index (χ3n) is 12.1. The fraction of sp³-hybridized carbons (Fsp3) is 0.863. The van der Waals surface area contributed by atoms with Crippen molar-refractivity contribution in [1.29, 1.82) is 0 Å². The Kier molecular flexibility index (Phi) is 33.7. The van der Waals surface area contributed by atoms with Crippen molar-refractivity contribution in [3.8, 4) is 5.75 Å². The van der Waals surface area contributed by atoms with Crippen molar-refractivity contribution in [3.05, 3.63) is 28.3 Å². The van der Waals surface area contributed by atoms with Crippen molar-refractivity contribution < 1.29 is 19.4 Å². The molecule has 328 valence electrons. The van der Waals surface area contributed by atoms with Crippen molar-refractivity contribution in [2.45, 2.75) is 259 Å². The zero-order valence-corrected chi connectivity index (χ0v) is 39.3. The summed E-state index contributed by atoms with van der Waals surface area (Å²) in [5.41, 5.74) is 3.61. The van der Waals surface area contributed by atoms with Crippen LogP contribution < -0.4 is 0 Å². The minimum Gasteiger partial charge on any atom is -0.507 e. The molecule has 0 amide bonds. The number of thioether (sulfide) groups is 1. The predicted octanol–water partition coefficient (Wildman–Crippen LogP) is 16.3. The van der Waals surface area contributed by atoms with Crippen LogP contribution in [0.2, 0.25) is 0 Å². The van der Waals surface area contributed by atoms with Gasteiger partial charge in [0, 0.05) is 17.9 Å². The Morgan fingerprint density at radius 2 is 1.05 bits per heavy atom. The number of benzene rings is 1. The number of ether oxygens (including phenoxy) is 2. The second-order valence-corrected chi connectivity index (χ2v) is 19.1. The molecular formula is C51H94O4S. The highest BCUT2D eigenvalue weighted by molar-refractivity contribution is 7.99. The fourth-order valence-electron chi connectivity index (χ4n) is 7.99. The Morgan fingerprint density at radius 3 is 1.54 bits per heavy atom. The Balaban J connectivity index is 2.52. The van der Waals surface area contributed by atoms with Gasteiger partial charge < -0.3 is 14.6 Å². The smallest absolute Gasteiger partial charge is 0.310 e. The first-order valence-electron chi connectivity index (χ1n) is 24.3. The number of carbonyl (C=O) groups is 1. The first-order chi connectivity index (χ1) is 27.2. The molecule has 56 heavy (non-hydrogen) atoms. The van der Waals surface area contributed by atoms with Crippen LogP contribution in [0.5, 0.6) is 5.75 Å². The van der Waals surface area contributed by atoms with E-state index >= 15 is 0 Å². The number of phenols is 1.